The Balaban J connectivity index is 2.97. The Morgan fingerprint density at radius 2 is 2.10 bits per heavy atom. The molecule has 0 fully saturated rings. The molecule has 1 aromatic carbocycles. The molecule has 20 heavy (non-hydrogen) atoms. The second kappa shape index (κ2) is 6.76. The monoisotopic (exact) mass is 299 g/mol. The van der Waals surface area contributed by atoms with E-state index in [4.69, 9.17) is 22.4 Å². The number of hydrogen-bond donors (Lipinski definition) is 3. The normalized spacial score (nSPS) is 11.5. The minimum atomic E-state index is -1.20. The van der Waals surface area contributed by atoms with Crippen LogP contribution in [0.3, 0.4) is 0 Å². The van der Waals surface area contributed by atoms with Crippen molar-refractivity contribution in [2.24, 2.45) is 5.73 Å². The van der Waals surface area contributed by atoms with Crippen LogP contribution in [0.1, 0.15) is 6.92 Å². The zero-order valence-electron chi connectivity index (χ0n) is 10.7. The minimum Gasteiger partial charge on any atom is -0.480 e. The number of halogens is 1. The van der Waals surface area contributed by atoms with Gasteiger partial charge in [0.25, 0.3) is 0 Å². The molecule has 108 valence electrons. The highest BCUT2D eigenvalue weighted by molar-refractivity contribution is 6.30. The van der Waals surface area contributed by atoms with E-state index in [1.54, 1.807) is 12.1 Å². The molecule has 1 atom stereocenters. The van der Waals surface area contributed by atoms with Crippen LogP contribution in [-0.2, 0) is 9.59 Å². The first-order chi connectivity index (χ1) is 9.31. The van der Waals surface area contributed by atoms with Crippen LogP contribution >= 0.6 is 11.6 Å². The lowest BCUT2D eigenvalue weighted by Crippen LogP contribution is -2.50. The molecule has 0 aliphatic rings. The van der Waals surface area contributed by atoms with E-state index in [1.807, 2.05) is 0 Å². The van der Waals surface area contributed by atoms with Gasteiger partial charge in [0.05, 0.1) is 0 Å². The number of primary amides is 1. The Morgan fingerprint density at radius 3 is 2.60 bits per heavy atom. The van der Waals surface area contributed by atoms with Crippen molar-refractivity contribution in [1.82, 2.24) is 5.32 Å². The average Bonchev–Trinajstić information content (AvgIpc) is 2.35. The summed E-state index contributed by atoms with van der Waals surface area (Å²) in [5.74, 6) is -1.92. The van der Waals surface area contributed by atoms with Crippen molar-refractivity contribution in [3.63, 3.8) is 0 Å². The predicted octanol–water partition coefficient (Wildman–Crippen LogP) is 0.814. The van der Waals surface area contributed by atoms with Gasteiger partial charge in [-0.3, -0.25) is 14.5 Å². The lowest BCUT2D eigenvalue weighted by molar-refractivity contribution is -0.135. The third kappa shape index (κ3) is 4.43. The summed E-state index contributed by atoms with van der Waals surface area (Å²) in [6, 6.07) is 4.48. The van der Waals surface area contributed by atoms with Crippen LogP contribution in [0.4, 0.5) is 10.5 Å². The van der Waals surface area contributed by atoms with Gasteiger partial charge < -0.3 is 16.2 Å². The molecule has 0 spiro atoms. The number of hydrogen-bond acceptors (Lipinski definition) is 3. The number of urea groups is 1. The van der Waals surface area contributed by atoms with Crippen molar-refractivity contribution in [2.45, 2.75) is 13.0 Å². The molecule has 7 nitrogen and oxygen atoms in total. The van der Waals surface area contributed by atoms with E-state index in [1.165, 1.54) is 19.1 Å². The summed E-state index contributed by atoms with van der Waals surface area (Å²) < 4.78 is 0. The quantitative estimate of drug-likeness (QED) is 0.746. The van der Waals surface area contributed by atoms with Gasteiger partial charge in [-0.05, 0) is 25.1 Å². The van der Waals surface area contributed by atoms with E-state index in [2.05, 4.69) is 5.32 Å². The molecular weight excluding hydrogens is 286 g/mol. The first-order valence-electron chi connectivity index (χ1n) is 5.66. The van der Waals surface area contributed by atoms with E-state index < -0.39 is 30.5 Å². The summed E-state index contributed by atoms with van der Waals surface area (Å²) in [7, 11) is 0. The molecular formula is C12H14ClN3O4. The Bertz CT molecular complexity index is 535. The lowest BCUT2D eigenvalue weighted by Gasteiger charge is -2.23. The maximum Gasteiger partial charge on any atom is 0.323 e. The second-order valence-electron chi connectivity index (χ2n) is 4.03. The van der Waals surface area contributed by atoms with Crippen LogP contribution in [0.25, 0.3) is 0 Å². The summed E-state index contributed by atoms with van der Waals surface area (Å²) in [4.78, 5) is 34.7. The van der Waals surface area contributed by atoms with E-state index in [0.717, 1.165) is 4.90 Å². The van der Waals surface area contributed by atoms with E-state index in [9.17, 15) is 14.4 Å². The second-order valence-corrected chi connectivity index (χ2v) is 4.47. The fraction of sp³-hybridized carbons (Fsp3) is 0.250. The van der Waals surface area contributed by atoms with Crippen LogP contribution in [0.2, 0.25) is 5.02 Å². The highest BCUT2D eigenvalue weighted by Gasteiger charge is 2.22. The van der Waals surface area contributed by atoms with Gasteiger partial charge in [0.15, 0.2) is 0 Å². The highest BCUT2D eigenvalue weighted by Crippen LogP contribution is 2.19. The van der Waals surface area contributed by atoms with E-state index in [-0.39, 0.29) is 0 Å². The van der Waals surface area contributed by atoms with Crippen LogP contribution < -0.4 is 16.0 Å². The van der Waals surface area contributed by atoms with Crippen LogP contribution in [-0.4, -0.2) is 35.6 Å². The molecule has 1 rings (SSSR count). The lowest BCUT2D eigenvalue weighted by atomic mass is 10.3. The molecule has 0 aliphatic heterocycles. The molecule has 3 amide bonds. The van der Waals surface area contributed by atoms with E-state index in [0.29, 0.717) is 10.7 Å². The third-order valence-corrected chi connectivity index (χ3v) is 2.66. The third-order valence-electron chi connectivity index (χ3n) is 2.43. The summed E-state index contributed by atoms with van der Waals surface area (Å²) in [6.07, 6.45) is 0. The van der Waals surface area contributed by atoms with Gasteiger partial charge in [-0.2, -0.15) is 0 Å². The molecule has 0 aliphatic carbocycles. The van der Waals surface area contributed by atoms with Gasteiger partial charge in [0, 0.05) is 10.7 Å². The van der Waals surface area contributed by atoms with Gasteiger partial charge in [-0.25, -0.2) is 4.79 Å². The molecule has 4 N–H and O–H groups in total. The van der Waals surface area contributed by atoms with Crippen molar-refractivity contribution >= 4 is 35.2 Å². The number of carboxylic acid groups (broad SMARTS) is 1. The van der Waals surface area contributed by atoms with Gasteiger partial charge in [-0.1, -0.05) is 17.7 Å². The topological polar surface area (TPSA) is 113 Å². The fourth-order valence-electron chi connectivity index (χ4n) is 1.39. The summed E-state index contributed by atoms with van der Waals surface area (Å²) >= 11 is 5.81. The van der Waals surface area contributed by atoms with Gasteiger partial charge in [0.1, 0.15) is 12.6 Å². The zero-order valence-corrected chi connectivity index (χ0v) is 11.4. The van der Waals surface area contributed by atoms with Gasteiger partial charge in [0.2, 0.25) is 5.91 Å². The first kappa shape index (κ1) is 15.8. The molecule has 1 unspecified atom stereocenters. The van der Waals surface area contributed by atoms with Gasteiger partial charge >= 0.3 is 12.0 Å². The zero-order chi connectivity index (χ0) is 15.3. The number of carbonyl (C=O) groups is 3. The summed E-state index contributed by atoms with van der Waals surface area (Å²) in [5.41, 5.74) is 5.34. The standard InChI is InChI=1S/C12H14ClN3O4/c1-7(11(14)19)15-12(20)16(6-10(17)18)9-4-2-3-8(13)5-9/h2-5,7H,6H2,1H3,(H2,14,19)(H,15,20)(H,17,18). The van der Waals surface area contributed by atoms with Crippen molar-refractivity contribution in [1.29, 1.82) is 0 Å². The Labute approximate surface area is 120 Å². The summed E-state index contributed by atoms with van der Waals surface area (Å²) in [5, 5.41) is 11.5. The molecule has 0 saturated carbocycles. The molecule has 0 saturated heterocycles. The molecule has 0 aromatic heterocycles. The number of nitrogens with one attached hydrogen (secondary N) is 1. The maximum absolute atomic E-state index is 12.0. The van der Waals surface area contributed by atoms with E-state index >= 15 is 0 Å². The number of aliphatic carboxylic acids is 1. The maximum atomic E-state index is 12.0. The van der Waals surface area contributed by atoms with Crippen molar-refractivity contribution in [2.75, 3.05) is 11.4 Å². The van der Waals surface area contributed by atoms with Crippen molar-refractivity contribution < 1.29 is 19.5 Å². The smallest absolute Gasteiger partial charge is 0.323 e. The number of anilines is 1. The number of carbonyl (C=O) groups excluding carboxylic acids is 2. The summed E-state index contributed by atoms with van der Waals surface area (Å²) in [6.45, 7) is 0.828. The molecule has 1 aromatic rings. The predicted molar refractivity (Wildman–Crippen MR) is 73.6 cm³/mol. The number of rotatable bonds is 5. The van der Waals surface area contributed by atoms with Crippen LogP contribution in [0.5, 0.6) is 0 Å². The van der Waals surface area contributed by atoms with Crippen LogP contribution in [0, 0.1) is 0 Å². The Hall–Kier alpha value is -2.28. The number of nitrogens with zero attached hydrogens (tertiary/aromatic N) is 1. The largest absolute Gasteiger partial charge is 0.480 e. The highest BCUT2D eigenvalue weighted by atomic mass is 35.5. The van der Waals surface area contributed by atoms with Gasteiger partial charge in [-0.15, -0.1) is 0 Å². The number of carboxylic acids is 1. The fourth-order valence-corrected chi connectivity index (χ4v) is 1.58. The van der Waals surface area contributed by atoms with Crippen LogP contribution in [0.15, 0.2) is 24.3 Å². The number of nitrogens with two attached hydrogens (primary N) is 1. The van der Waals surface area contributed by atoms with Crippen molar-refractivity contribution in [3.8, 4) is 0 Å². The Morgan fingerprint density at radius 1 is 1.45 bits per heavy atom. The average molecular weight is 300 g/mol. The molecule has 0 radical (unpaired) electrons. The minimum absolute atomic E-state index is 0.300. The SMILES string of the molecule is CC(NC(=O)N(CC(=O)O)c1cccc(Cl)c1)C(N)=O. The molecule has 0 bridgehead atoms. The molecule has 8 heteroatoms. The number of amides is 3. The first-order valence-corrected chi connectivity index (χ1v) is 6.03. The Kier molecular flexibility index (Phi) is 5.33. The number of benzene rings is 1. The van der Waals surface area contributed by atoms with Crippen molar-refractivity contribution in [3.05, 3.63) is 29.3 Å². The molecule has 0 heterocycles.